The van der Waals surface area contributed by atoms with E-state index in [9.17, 15) is 0 Å². The van der Waals surface area contributed by atoms with Gasteiger partial charge in [0.1, 0.15) is 0 Å². The van der Waals surface area contributed by atoms with Gasteiger partial charge in [0.05, 0.1) is 11.4 Å². The van der Waals surface area contributed by atoms with Gasteiger partial charge < -0.3 is 0 Å². The lowest BCUT2D eigenvalue weighted by molar-refractivity contribution is 0.353. The van der Waals surface area contributed by atoms with E-state index in [-0.39, 0.29) is 5.41 Å². The molecule has 0 unspecified atom stereocenters. The van der Waals surface area contributed by atoms with Crippen LogP contribution in [0.4, 0.5) is 0 Å². The van der Waals surface area contributed by atoms with E-state index in [1.807, 2.05) is 6.07 Å². The van der Waals surface area contributed by atoms with E-state index >= 15 is 0 Å². The zero-order chi connectivity index (χ0) is 35.9. The Morgan fingerprint density at radius 2 is 0.778 bits per heavy atom. The molecule has 1 heterocycles. The van der Waals surface area contributed by atoms with Crippen LogP contribution in [0.5, 0.6) is 0 Å². The molecule has 7 aromatic carbocycles. The quantitative estimate of drug-likeness (QED) is 0.173. The van der Waals surface area contributed by atoms with Crippen molar-refractivity contribution < 1.29 is 0 Å². The SMILES string of the molecule is c1ccc(-c2ccc(-c3cc(-c4ccccc4)nc(-c4cccc(-c5ccc(-c6ccc7c(c6)C6(CCCCC6)c6ccccc6-7)cc5)c4)n3)cc2)cc1. The predicted molar refractivity (Wildman–Crippen MR) is 224 cm³/mol. The van der Waals surface area contributed by atoms with Crippen LogP contribution in [0.25, 0.3) is 78.4 Å². The summed E-state index contributed by atoms with van der Waals surface area (Å²) in [5.74, 6) is 0.715. The summed E-state index contributed by atoms with van der Waals surface area (Å²) in [5, 5.41) is 0. The van der Waals surface area contributed by atoms with Gasteiger partial charge in [-0.15, -0.1) is 0 Å². The molecule has 0 atom stereocenters. The maximum absolute atomic E-state index is 5.16. The fourth-order valence-electron chi connectivity index (χ4n) is 8.97. The highest BCUT2D eigenvalue weighted by molar-refractivity contribution is 5.85. The van der Waals surface area contributed by atoms with Crippen LogP contribution in [0.2, 0.25) is 0 Å². The summed E-state index contributed by atoms with van der Waals surface area (Å²) in [5.41, 5.74) is 18.3. The van der Waals surface area contributed by atoms with Crippen LogP contribution in [-0.4, -0.2) is 9.97 Å². The molecule has 0 aliphatic heterocycles. The van der Waals surface area contributed by atoms with Crippen molar-refractivity contribution in [2.45, 2.75) is 37.5 Å². The first-order valence-electron chi connectivity index (χ1n) is 19.3. The number of hydrogen-bond acceptors (Lipinski definition) is 2. The summed E-state index contributed by atoms with van der Waals surface area (Å²) < 4.78 is 0. The summed E-state index contributed by atoms with van der Waals surface area (Å²) in [4.78, 5) is 10.3. The molecule has 1 spiro atoms. The highest BCUT2D eigenvalue weighted by Gasteiger charge is 2.43. The number of aromatic nitrogens is 2. The molecular weight excluding hydrogens is 653 g/mol. The Labute approximate surface area is 317 Å². The molecule has 258 valence electrons. The largest absolute Gasteiger partial charge is 0.228 e. The molecule has 2 aliphatic carbocycles. The van der Waals surface area contributed by atoms with E-state index in [0.29, 0.717) is 5.82 Å². The highest BCUT2D eigenvalue weighted by Crippen LogP contribution is 2.56. The molecule has 0 radical (unpaired) electrons. The summed E-state index contributed by atoms with van der Waals surface area (Å²) in [7, 11) is 0. The van der Waals surface area contributed by atoms with Crippen molar-refractivity contribution in [2.24, 2.45) is 0 Å². The predicted octanol–water partition coefficient (Wildman–Crippen LogP) is 13.7. The summed E-state index contributed by atoms with van der Waals surface area (Å²) in [6.45, 7) is 0. The summed E-state index contributed by atoms with van der Waals surface area (Å²) in [6.07, 6.45) is 6.44. The summed E-state index contributed by atoms with van der Waals surface area (Å²) in [6, 6.07) is 65.7. The van der Waals surface area contributed by atoms with Crippen molar-refractivity contribution >= 4 is 0 Å². The van der Waals surface area contributed by atoms with Crippen LogP contribution < -0.4 is 0 Å². The standard InChI is InChI=1S/C52H40N2/c1-4-13-36(14-5-1)37-25-27-41(28-26-37)50-35-49(40-15-6-2-7-16-40)53-51(54-50)44-18-12-17-42(33-44)38-21-23-39(24-22-38)43-29-30-46-45-19-8-9-20-47(45)52(48(46)34-43)31-10-3-11-32-52/h1-2,4-9,12-30,33-35H,3,10-11,31-32H2. The number of benzene rings is 7. The molecule has 2 nitrogen and oxygen atoms in total. The molecule has 2 aliphatic rings. The Morgan fingerprint density at radius 3 is 1.46 bits per heavy atom. The minimum Gasteiger partial charge on any atom is -0.228 e. The fraction of sp³-hybridized carbons (Fsp3) is 0.115. The second-order valence-electron chi connectivity index (χ2n) is 14.9. The Hall–Kier alpha value is -6.38. The van der Waals surface area contributed by atoms with Gasteiger partial charge in [-0.2, -0.15) is 0 Å². The Balaban J connectivity index is 0.978. The number of rotatable bonds is 6. The van der Waals surface area contributed by atoms with Gasteiger partial charge in [-0.3, -0.25) is 0 Å². The van der Waals surface area contributed by atoms with Crippen LogP contribution in [0.3, 0.4) is 0 Å². The lowest BCUT2D eigenvalue weighted by Crippen LogP contribution is -2.28. The second-order valence-corrected chi connectivity index (χ2v) is 14.9. The van der Waals surface area contributed by atoms with Gasteiger partial charge in [-0.1, -0.05) is 183 Å². The Kier molecular flexibility index (Phi) is 8.10. The third-order valence-electron chi connectivity index (χ3n) is 11.7. The molecule has 2 heteroatoms. The van der Waals surface area contributed by atoms with Gasteiger partial charge in [0.15, 0.2) is 5.82 Å². The van der Waals surface area contributed by atoms with Crippen molar-refractivity contribution in [3.8, 4) is 78.4 Å². The minimum atomic E-state index is 0.159. The molecule has 1 aromatic heterocycles. The summed E-state index contributed by atoms with van der Waals surface area (Å²) >= 11 is 0. The number of nitrogens with zero attached hydrogens (tertiary/aromatic N) is 2. The van der Waals surface area contributed by atoms with Crippen molar-refractivity contribution in [3.63, 3.8) is 0 Å². The van der Waals surface area contributed by atoms with Gasteiger partial charge in [0.2, 0.25) is 0 Å². The average Bonchev–Trinajstić information content (AvgIpc) is 3.52. The van der Waals surface area contributed by atoms with Crippen LogP contribution in [0.15, 0.2) is 182 Å². The highest BCUT2D eigenvalue weighted by atomic mass is 14.9. The van der Waals surface area contributed by atoms with Crippen molar-refractivity contribution in [1.29, 1.82) is 0 Å². The lowest BCUT2D eigenvalue weighted by Gasteiger charge is -2.36. The van der Waals surface area contributed by atoms with Gasteiger partial charge in [-0.05, 0) is 86.7 Å². The van der Waals surface area contributed by atoms with Crippen LogP contribution >= 0.6 is 0 Å². The zero-order valence-electron chi connectivity index (χ0n) is 30.3. The third kappa shape index (κ3) is 5.76. The average molecular weight is 693 g/mol. The van der Waals surface area contributed by atoms with E-state index in [1.165, 1.54) is 76.6 Å². The molecular formula is C52H40N2. The van der Waals surface area contributed by atoms with E-state index in [1.54, 1.807) is 5.56 Å². The third-order valence-corrected chi connectivity index (χ3v) is 11.7. The maximum atomic E-state index is 5.16. The second kappa shape index (κ2) is 13.5. The monoisotopic (exact) mass is 692 g/mol. The van der Waals surface area contributed by atoms with E-state index in [0.717, 1.165) is 33.6 Å². The van der Waals surface area contributed by atoms with Gasteiger partial charge in [0.25, 0.3) is 0 Å². The minimum absolute atomic E-state index is 0.159. The Bertz CT molecular complexity index is 2600. The first-order chi connectivity index (χ1) is 26.7. The molecule has 8 aromatic rings. The van der Waals surface area contributed by atoms with E-state index in [2.05, 4.69) is 176 Å². The smallest absolute Gasteiger partial charge is 0.160 e. The zero-order valence-corrected chi connectivity index (χ0v) is 30.3. The topological polar surface area (TPSA) is 25.8 Å². The van der Waals surface area contributed by atoms with Crippen LogP contribution in [0.1, 0.15) is 43.2 Å². The first-order valence-corrected chi connectivity index (χ1v) is 19.3. The molecule has 0 N–H and O–H groups in total. The lowest BCUT2D eigenvalue weighted by atomic mass is 9.67. The van der Waals surface area contributed by atoms with Crippen LogP contribution in [-0.2, 0) is 5.41 Å². The van der Waals surface area contributed by atoms with Gasteiger partial charge >= 0.3 is 0 Å². The molecule has 54 heavy (non-hydrogen) atoms. The molecule has 0 bridgehead atoms. The number of hydrogen-bond donors (Lipinski definition) is 0. The first kappa shape index (κ1) is 32.3. The molecule has 1 fully saturated rings. The number of fused-ring (bicyclic) bond motifs is 5. The van der Waals surface area contributed by atoms with Crippen molar-refractivity contribution in [3.05, 3.63) is 193 Å². The van der Waals surface area contributed by atoms with E-state index in [4.69, 9.17) is 9.97 Å². The molecule has 1 saturated carbocycles. The Morgan fingerprint density at radius 1 is 0.315 bits per heavy atom. The molecule has 0 amide bonds. The molecule has 10 rings (SSSR count). The van der Waals surface area contributed by atoms with Crippen LogP contribution in [0, 0.1) is 0 Å². The van der Waals surface area contributed by atoms with Crippen molar-refractivity contribution in [1.82, 2.24) is 9.97 Å². The van der Waals surface area contributed by atoms with Gasteiger partial charge in [0, 0.05) is 22.1 Å². The molecule has 0 saturated heterocycles. The van der Waals surface area contributed by atoms with E-state index < -0.39 is 0 Å². The fourth-order valence-corrected chi connectivity index (χ4v) is 8.97. The normalized spacial score (nSPS) is 14.1. The van der Waals surface area contributed by atoms with Gasteiger partial charge in [-0.25, -0.2) is 9.97 Å². The maximum Gasteiger partial charge on any atom is 0.160 e. The van der Waals surface area contributed by atoms with Crippen molar-refractivity contribution in [2.75, 3.05) is 0 Å².